The zero-order valence-electron chi connectivity index (χ0n) is 14.6. The average Bonchev–Trinajstić information content (AvgIpc) is 3.12. The lowest BCUT2D eigenvalue weighted by Gasteiger charge is -2.11. The normalized spacial score (nSPS) is 10.3. The zero-order valence-corrected chi connectivity index (χ0v) is 15.4. The second-order valence-corrected chi connectivity index (χ2v) is 6.70. The number of carbonyl (C=O) groups is 2. The minimum absolute atomic E-state index is 0.0320. The number of ether oxygens (including phenoxy) is 1. The van der Waals surface area contributed by atoms with Crippen LogP contribution >= 0.6 is 11.3 Å². The van der Waals surface area contributed by atoms with E-state index in [0.29, 0.717) is 37.4 Å². The Hall–Kier alpha value is -2.34. The van der Waals surface area contributed by atoms with Crippen LogP contribution in [-0.4, -0.2) is 31.5 Å². The molecule has 5 nitrogen and oxygen atoms in total. The van der Waals surface area contributed by atoms with Crippen molar-refractivity contribution in [1.82, 2.24) is 10.6 Å². The highest BCUT2D eigenvalue weighted by atomic mass is 32.1. The number of rotatable bonds is 9. The van der Waals surface area contributed by atoms with Gasteiger partial charge in [-0.1, -0.05) is 24.3 Å². The lowest BCUT2D eigenvalue weighted by atomic mass is 10.1. The van der Waals surface area contributed by atoms with Crippen LogP contribution in [0.2, 0.25) is 0 Å². The summed E-state index contributed by atoms with van der Waals surface area (Å²) in [6, 6.07) is 9.64. The maximum Gasteiger partial charge on any atom is 0.261 e. The first-order chi connectivity index (χ1) is 12.1. The maximum atomic E-state index is 11.8. The SMILES string of the molecule is Cc1cccc(C)c1OCCCC(=O)NCCNC(=O)c1cccs1. The van der Waals surface area contributed by atoms with Gasteiger partial charge in [0.15, 0.2) is 0 Å². The average molecular weight is 360 g/mol. The number of benzene rings is 1. The highest BCUT2D eigenvalue weighted by molar-refractivity contribution is 7.12. The van der Waals surface area contributed by atoms with Crippen molar-refractivity contribution in [2.75, 3.05) is 19.7 Å². The van der Waals surface area contributed by atoms with Crippen LogP contribution in [0.15, 0.2) is 35.7 Å². The van der Waals surface area contributed by atoms with E-state index >= 15 is 0 Å². The third-order valence-corrected chi connectivity index (χ3v) is 4.55. The Kier molecular flexibility index (Phi) is 7.47. The van der Waals surface area contributed by atoms with Gasteiger partial charge in [0.2, 0.25) is 5.91 Å². The third-order valence-electron chi connectivity index (χ3n) is 3.68. The lowest BCUT2D eigenvalue weighted by Crippen LogP contribution is -2.34. The third kappa shape index (κ3) is 6.23. The van der Waals surface area contributed by atoms with Gasteiger partial charge in [0.05, 0.1) is 11.5 Å². The number of carbonyl (C=O) groups excluding carboxylic acids is 2. The number of nitrogens with one attached hydrogen (secondary N) is 2. The molecule has 25 heavy (non-hydrogen) atoms. The molecule has 1 aromatic heterocycles. The molecule has 2 N–H and O–H groups in total. The number of thiophene rings is 1. The number of hydrogen-bond donors (Lipinski definition) is 2. The number of aryl methyl sites for hydroxylation is 2. The van der Waals surface area contributed by atoms with Gasteiger partial charge in [-0.15, -0.1) is 11.3 Å². The molecule has 0 aliphatic rings. The van der Waals surface area contributed by atoms with Crippen molar-refractivity contribution in [3.63, 3.8) is 0 Å². The molecule has 2 amide bonds. The molecule has 0 radical (unpaired) electrons. The molecule has 0 aliphatic heterocycles. The topological polar surface area (TPSA) is 67.4 Å². The van der Waals surface area contributed by atoms with E-state index in [4.69, 9.17) is 4.74 Å². The van der Waals surface area contributed by atoms with Gasteiger partial charge in [-0.2, -0.15) is 0 Å². The summed E-state index contributed by atoms with van der Waals surface area (Å²) in [6.45, 7) is 5.38. The largest absolute Gasteiger partial charge is 0.493 e. The van der Waals surface area contributed by atoms with Crippen LogP contribution in [0.3, 0.4) is 0 Å². The molecule has 0 fully saturated rings. The highest BCUT2D eigenvalue weighted by Gasteiger charge is 2.07. The second-order valence-electron chi connectivity index (χ2n) is 5.76. The predicted molar refractivity (Wildman–Crippen MR) is 100 cm³/mol. The second kappa shape index (κ2) is 9.84. The fraction of sp³-hybridized carbons (Fsp3) is 0.368. The monoisotopic (exact) mass is 360 g/mol. The van der Waals surface area contributed by atoms with Gasteiger partial charge in [0.25, 0.3) is 5.91 Å². The highest BCUT2D eigenvalue weighted by Crippen LogP contribution is 2.22. The number of hydrogen-bond acceptors (Lipinski definition) is 4. The summed E-state index contributed by atoms with van der Waals surface area (Å²) in [4.78, 5) is 24.2. The molecule has 0 unspecified atom stereocenters. The van der Waals surface area contributed by atoms with Crippen LogP contribution in [0.5, 0.6) is 5.75 Å². The summed E-state index contributed by atoms with van der Waals surface area (Å²) >= 11 is 1.40. The fourth-order valence-electron chi connectivity index (χ4n) is 2.40. The van der Waals surface area contributed by atoms with Crippen molar-refractivity contribution in [3.05, 3.63) is 51.7 Å². The predicted octanol–water partition coefficient (Wildman–Crippen LogP) is 3.07. The van der Waals surface area contributed by atoms with Crippen molar-refractivity contribution in [2.45, 2.75) is 26.7 Å². The van der Waals surface area contributed by atoms with Crippen molar-refractivity contribution in [2.24, 2.45) is 0 Å². The standard InChI is InChI=1S/C19H24N2O3S/c1-14-6-3-7-15(2)18(14)24-12-4-9-17(22)20-10-11-21-19(23)16-8-5-13-25-16/h3,5-8,13H,4,9-12H2,1-2H3,(H,20,22)(H,21,23). The van der Waals surface area contributed by atoms with Crippen LogP contribution in [0.25, 0.3) is 0 Å². The van der Waals surface area contributed by atoms with E-state index in [-0.39, 0.29) is 11.8 Å². The van der Waals surface area contributed by atoms with Crippen LogP contribution < -0.4 is 15.4 Å². The molecule has 0 spiro atoms. The maximum absolute atomic E-state index is 11.8. The van der Waals surface area contributed by atoms with Crippen LogP contribution in [0.4, 0.5) is 0 Å². The zero-order chi connectivity index (χ0) is 18.1. The molecular formula is C19H24N2O3S. The van der Waals surface area contributed by atoms with Gasteiger partial charge in [-0.05, 0) is 42.8 Å². The van der Waals surface area contributed by atoms with Crippen molar-refractivity contribution in [3.8, 4) is 5.75 Å². The van der Waals surface area contributed by atoms with Gasteiger partial charge in [0.1, 0.15) is 5.75 Å². The molecular weight excluding hydrogens is 336 g/mol. The van der Waals surface area contributed by atoms with Crippen molar-refractivity contribution >= 4 is 23.2 Å². The van der Waals surface area contributed by atoms with E-state index in [1.165, 1.54) is 11.3 Å². The minimum Gasteiger partial charge on any atom is -0.493 e. The quantitative estimate of drug-likeness (QED) is 0.676. The molecule has 6 heteroatoms. The van der Waals surface area contributed by atoms with Crippen LogP contribution in [0.1, 0.15) is 33.6 Å². The Labute approximate surface area is 152 Å². The van der Waals surface area contributed by atoms with E-state index in [2.05, 4.69) is 10.6 Å². The van der Waals surface area contributed by atoms with Gasteiger partial charge in [-0.25, -0.2) is 0 Å². The Morgan fingerprint density at radius 2 is 1.76 bits per heavy atom. The van der Waals surface area contributed by atoms with Crippen molar-refractivity contribution in [1.29, 1.82) is 0 Å². The number of amides is 2. The first kappa shape index (κ1) is 19.0. The molecule has 2 aromatic rings. The van der Waals surface area contributed by atoms with Crippen molar-refractivity contribution < 1.29 is 14.3 Å². The van der Waals surface area contributed by atoms with E-state index in [9.17, 15) is 9.59 Å². The molecule has 2 rings (SSSR count). The number of para-hydroxylation sites is 1. The first-order valence-corrected chi connectivity index (χ1v) is 9.23. The molecule has 0 saturated carbocycles. The molecule has 0 aliphatic carbocycles. The van der Waals surface area contributed by atoms with E-state index in [0.717, 1.165) is 16.9 Å². The molecule has 1 heterocycles. The summed E-state index contributed by atoms with van der Waals surface area (Å²) in [6.07, 6.45) is 1.06. The Bertz CT molecular complexity index is 678. The summed E-state index contributed by atoms with van der Waals surface area (Å²) in [5.41, 5.74) is 2.21. The summed E-state index contributed by atoms with van der Waals surface area (Å²) < 4.78 is 5.78. The summed E-state index contributed by atoms with van der Waals surface area (Å²) in [5.74, 6) is 0.765. The van der Waals surface area contributed by atoms with E-state index in [1.807, 2.05) is 43.5 Å². The minimum atomic E-state index is -0.105. The molecule has 0 saturated heterocycles. The Balaban J connectivity index is 1.56. The lowest BCUT2D eigenvalue weighted by molar-refractivity contribution is -0.121. The summed E-state index contributed by atoms with van der Waals surface area (Å²) in [5, 5.41) is 7.43. The van der Waals surface area contributed by atoms with Gasteiger partial charge in [-0.3, -0.25) is 9.59 Å². The Morgan fingerprint density at radius 3 is 2.44 bits per heavy atom. The smallest absolute Gasteiger partial charge is 0.261 e. The molecule has 0 bridgehead atoms. The van der Waals surface area contributed by atoms with Gasteiger partial charge in [0, 0.05) is 19.5 Å². The van der Waals surface area contributed by atoms with E-state index < -0.39 is 0 Å². The molecule has 134 valence electrons. The van der Waals surface area contributed by atoms with Gasteiger partial charge >= 0.3 is 0 Å². The Morgan fingerprint density at radius 1 is 1.04 bits per heavy atom. The van der Waals surface area contributed by atoms with E-state index in [1.54, 1.807) is 6.07 Å². The molecule has 1 aromatic carbocycles. The van der Waals surface area contributed by atoms with Gasteiger partial charge < -0.3 is 15.4 Å². The molecule has 0 atom stereocenters. The summed E-state index contributed by atoms with van der Waals surface area (Å²) in [7, 11) is 0. The van der Waals surface area contributed by atoms with Crippen LogP contribution in [0, 0.1) is 13.8 Å². The first-order valence-electron chi connectivity index (χ1n) is 8.35. The fourth-order valence-corrected chi connectivity index (χ4v) is 3.04. The van der Waals surface area contributed by atoms with Crippen LogP contribution in [-0.2, 0) is 4.79 Å².